The molecule has 0 bridgehead atoms. The van der Waals surface area contributed by atoms with Crippen molar-refractivity contribution in [2.24, 2.45) is 5.73 Å². The lowest BCUT2D eigenvalue weighted by atomic mass is 10.1. The first-order chi connectivity index (χ1) is 10.7. The van der Waals surface area contributed by atoms with Crippen molar-refractivity contribution in [2.45, 2.75) is 31.9 Å². The molecule has 6 nitrogen and oxygen atoms in total. The minimum absolute atomic E-state index is 0.209. The fraction of sp³-hybridized carbons (Fsp3) is 0.500. The van der Waals surface area contributed by atoms with Crippen LogP contribution in [0.15, 0.2) is 24.3 Å². The predicted octanol–water partition coefficient (Wildman–Crippen LogP) is 1.48. The van der Waals surface area contributed by atoms with Gasteiger partial charge >= 0.3 is 6.09 Å². The summed E-state index contributed by atoms with van der Waals surface area (Å²) >= 11 is 0. The summed E-state index contributed by atoms with van der Waals surface area (Å²) in [4.78, 5) is 27.3. The Morgan fingerprint density at radius 3 is 2.86 bits per heavy atom. The van der Waals surface area contributed by atoms with Crippen LogP contribution in [0.4, 0.5) is 10.5 Å². The summed E-state index contributed by atoms with van der Waals surface area (Å²) in [7, 11) is 0. The predicted molar refractivity (Wildman–Crippen MR) is 82.4 cm³/mol. The number of ether oxygens (including phenoxy) is 1. The summed E-state index contributed by atoms with van der Waals surface area (Å²) in [5, 5.41) is 0. The van der Waals surface area contributed by atoms with Crippen molar-refractivity contribution in [3.8, 4) is 0 Å². The highest BCUT2D eigenvalue weighted by molar-refractivity contribution is 5.89. The highest BCUT2D eigenvalue weighted by Crippen LogP contribution is 2.23. The number of cyclic esters (lactones) is 1. The van der Waals surface area contributed by atoms with Gasteiger partial charge in [0.15, 0.2) is 0 Å². The number of nitrogens with two attached hydrogens (primary N) is 1. The van der Waals surface area contributed by atoms with Crippen molar-refractivity contribution < 1.29 is 14.3 Å². The monoisotopic (exact) mass is 303 g/mol. The third-order valence-electron chi connectivity index (χ3n) is 4.15. The van der Waals surface area contributed by atoms with Gasteiger partial charge in [0, 0.05) is 31.7 Å². The van der Waals surface area contributed by atoms with Crippen molar-refractivity contribution in [2.75, 3.05) is 24.5 Å². The molecule has 2 N–H and O–H groups in total. The summed E-state index contributed by atoms with van der Waals surface area (Å²) in [6.45, 7) is 2.20. The Hall–Kier alpha value is -2.08. The molecule has 0 unspecified atom stereocenters. The number of rotatable bonds is 4. The van der Waals surface area contributed by atoms with Gasteiger partial charge in [-0.25, -0.2) is 4.79 Å². The zero-order valence-electron chi connectivity index (χ0n) is 12.5. The number of amides is 2. The Kier molecular flexibility index (Phi) is 4.29. The Labute approximate surface area is 129 Å². The van der Waals surface area contributed by atoms with Crippen LogP contribution in [0.2, 0.25) is 0 Å². The quantitative estimate of drug-likeness (QED) is 0.914. The number of carbonyl (C=O) groups is 2. The van der Waals surface area contributed by atoms with E-state index in [1.165, 1.54) is 0 Å². The van der Waals surface area contributed by atoms with Crippen LogP contribution in [0, 0.1) is 0 Å². The number of nitrogens with zero attached hydrogens (tertiary/aromatic N) is 2. The van der Waals surface area contributed by atoms with E-state index in [4.69, 9.17) is 10.5 Å². The number of benzene rings is 1. The Balaban J connectivity index is 1.72. The lowest BCUT2D eigenvalue weighted by Gasteiger charge is -2.27. The van der Waals surface area contributed by atoms with Gasteiger partial charge in [0.1, 0.15) is 6.10 Å². The molecule has 1 aromatic carbocycles. The molecule has 118 valence electrons. The molecule has 1 aromatic rings. The maximum Gasteiger partial charge on any atom is 0.414 e. The summed E-state index contributed by atoms with van der Waals surface area (Å²) in [6.07, 6.45) is 2.06. The van der Waals surface area contributed by atoms with Gasteiger partial charge in [0.2, 0.25) is 5.91 Å². The molecule has 2 heterocycles. The van der Waals surface area contributed by atoms with Gasteiger partial charge < -0.3 is 15.4 Å². The maximum absolute atomic E-state index is 11.9. The van der Waals surface area contributed by atoms with Gasteiger partial charge in [-0.3, -0.25) is 9.69 Å². The lowest BCUT2D eigenvalue weighted by Crippen LogP contribution is -2.34. The minimum atomic E-state index is -0.360. The van der Waals surface area contributed by atoms with Crippen LogP contribution in [0.25, 0.3) is 0 Å². The highest BCUT2D eigenvalue weighted by atomic mass is 16.6. The molecule has 3 rings (SSSR count). The zero-order valence-corrected chi connectivity index (χ0v) is 12.5. The number of hydrogen-bond acceptors (Lipinski definition) is 4. The molecule has 0 spiro atoms. The van der Waals surface area contributed by atoms with Gasteiger partial charge in [-0.15, -0.1) is 0 Å². The Morgan fingerprint density at radius 1 is 1.27 bits per heavy atom. The Morgan fingerprint density at radius 2 is 2.14 bits per heavy atom. The standard InChI is InChI=1S/C16H21N3O3/c17-9-14-11-19(16(21)22-14)13-5-3-4-12(8-13)10-18-7-2-1-6-15(18)20/h3-5,8,14H,1-2,6-7,9-11,17H2/t14-/m0/s1. The topological polar surface area (TPSA) is 75.9 Å². The van der Waals surface area contributed by atoms with E-state index >= 15 is 0 Å². The molecule has 2 saturated heterocycles. The van der Waals surface area contributed by atoms with Crippen LogP contribution < -0.4 is 10.6 Å². The van der Waals surface area contributed by atoms with E-state index in [0.29, 0.717) is 26.1 Å². The number of anilines is 1. The molecule has 2 aliphatic rings. The van der Waals surface area contributed by atoms with E-state index in [-0.39, 0.29) is 18.1 Å². The van der Waals surface area contributed by atoms with E-state index in [1.54, 1.807) is 4.90 Å². The van der Waals surface area contributed by atoms with Crippen LogP contribution in [-0.4, -0.2) is 42.6 Å². The second-order valence-electron chi connectivity index (χ2n) is 5.79. The fourth-order valence-corrected chi connectivity index (χ4v) is 2.93. The molecule has 0 aromatic heterocycles. The molecule has 2 amide bonds. The largest absolute Gasteiger partial charge is 0.443 e. The number of piperidine rings is 1. The minimum Gasteiger partial charge on any atom is -0.443 e. The first kappa shape index (κ1) is 14.8. The first-order valence-electron chi connectivity index (χ1n) is 7.72. The summed E-state index contributed by atoms with van der Waals surface area (Å²) < 4.78 is 5.18. The van der Waals surface area contributed by atoms with Gasteiger partial charge in [0.05, 0.1) is 6.54 Å². The molecule has 1 atom stereocenters. The molecular weight excluding hydrogens is 282 g/mol. The molecule has 0 radical (unpaired) electrons. The van der Waals surface area contributed by atoms with E-state index in [0.717, 1.165) is 30.6 Å². The SMILES string of the molecule is NC[C@H]1CN(c2cccc(CN3CCCCC3=O)c2)C(=O)O1. The van der Waals surface area contributed by atoms with Crippen LogP contribution in [0.1, 0.15) is 24.8 Å². The molecule has 22 heavy (non-hydrogen) atoms. The smallest absolute Gasteiger partial charge is 0.414 e. The summed E-state index contributed by atoms with van der Waals surface area (Å²) in [5.74, 6) is 0.209. The maximum atomic E-state index is 11.9. The summed E-state index contributed by atoms with van der Waals surface area (Å²) in [5.41, 5.74) is 7.38. The van der Waals surface area contributed by atoms with Crippen molar-refractivity contribution in [1.82, 2.24) is 4.90 Å². The fourth-order valence-electron chi connectivity index (χ4n) is 2.93. The summed E-state index contributed by atoms with van der Waals surface area (Å²) in [6, 6.07) is 7.71. The third kappa shape index (κ3) is 3.06. The van der Waals surface area contributed by atoms with Gasteiger partial charge in [-0.05, 0) is 30.5 Å². The first-order valence-corrected chi connectivity index (χ1v) is 7.72. The van der Waals surface area contributed by atoms with Crippen molar-refractivity contribution in [1.29, 1.82) is 0 Å². The zero-order chi connectivity index (χ0) is 15.5. The molecule has 2 aliphatic heterocycles. The van der Waals surface area contributed by atoms with Gasteiger partial charge in [-0.1, -0.05) is 12.1 Å². The van der Waals surface area contributed by atoms with Crippen molar-refractivity contribution >= 4 is 17.7 Å². The average Bonchev–Trinajstić information content (AvgIpc) is 2.91. The van der Waals surface area contributed by atoms with Gasteiger partial charge in [-0.2, -0.15) is 0 Å². The number of likely N-dealkylation sites (tertiary alicyclic amines) is 1. The number of hydrogen-bond donors (Lipinski definition) is 1. The molecule has 6 heteroatoms. The van der Waals surface area contributed by atoms with E-state index < -0.39 is 0 Å². The molecular formula is C16H21N3O3. The normalized spacial score (nSPS) is 22.1. The van der Waals surface area contributed by atoms with E-state index in [9.17, 15) is 9.59 Å². The van der Waals surface area contributed by atoms with Crippen molar-refractivity contribution in [3.63, 3.8) is 0 Å². The van der Waals surface area contributed by atoms with Crippen LogP contribution >= 0.6 is 0 Å². The van der Waals surface area contributed by atoms with E-state index in [2.05, 4.69) is 0 Å². The number of carbonyl (C=O) groups excluding carboxylic acids is 2. The van der Waals surface area contributed by atoms with Gasteiger partial charge in [0.25, 0.3) is 0 Å². The average molecular weight is 303 g/mol. The molecule has 0 aliphatic carbocycles. The van der Waals surface area contributed by atoms with E-state index in [1.807, 2.05) is 29.2 Å². The van der Waals surface area contributed by atoms with Crippen LogP contribution in [0.3, 0.4) is 0 Å². The second kappa shape index (κ2) is 6.36. The Bertz CT molecular complexity index is 576. The van der Waals surface area contributed by atoms with Crippen molar-refractivity contribution in [3.05, 3.63) is 29.8 Å². The van der Waals surface area contributed by atoms with Crippen LogP contribution in [-0.2, 0) is 16.1 Å². The molecule has 0 saturated carbocycles. The second-order valence-corrected chi connectivity index (χ2v) is 5.79. The van der Waals surface area contributed by atoms with Crippen LogP contribution in [0.5, 0.6) is 0 Å². The highest BCUT2D eigenvalue weighted by Gasteiger charge is 2.31. The molecule has 2 fully saturated rings. The third-order valence-corrected chi connectivity index (χ3v) is 4.15. The lowest BCUT2D eigenvalue weighted by molar-refractivity contribution is -0.133.